The van der Waals surface area contributed by atoms with Crippen LogP contribution in [0.2, 0.25) is 0 Å². The van der Waals surface area contributed by atoms with Crippen LogP contribution in [0.25, 0.3) is 0 Å². The Morgan fingerprint density at radius 3 is 1.79 bits per heavy atom. The molecule has 0 aromatic heterocycles. The summed E-state index contributed by atoms with van der Waals surface area (Å²) in [7, 11) is 0. The molecule has 1 amide bonds. The summed E-state index contributed by atoms with van der Waals surface area (Å²) in [5.74, 6) is -1.20. The Bertz CT molecular complexity index is 417. The molecular weight excluding hydrogens is 361 g/mol. The maximum atomic E-state index is 11.8. The molecule has 160 valence electrons. The summed E-state index contributed by atoms with van der Waals surface area (Å²) >= 11 is 0. The fourth-order valence-corrected chi connectivity index (χ4v) is 3.12. The van der Waals surface area contributed by atoms with E-state index in [4.69, 9.17) is 5.11 Å². The normalized spacial score (nSPS) is 12.1. The molecule has 0 bridgehead atoms. The van der Waals surface area contributed by atoms with E-state index in [0.29, 0.717) is 6.42 Å². The van der Waals surface area contributed by atoms with Gasteiger partial charge in [-0.15, -0.1) is 0 Å². The van der Waals surface area contributed by atoms with E-state index in [-0.39, 0.29) is 42.8 Å². The van der Waals surface area contributed by atoms with Gasteiger partial charge in [-0.2, -0.15) is 0 Å². The van der Waals surface area contributed by atoms with Crippen molar-refractivity contribution in [2.24, 2.45) is 5.92 Å². The number of carboxylic acids is 1. The molecule has 0 spiro atoms. The molecule has 5 heteroatoms. The van der Waals surface area contributed by atoms with Crippen molar-refractivity contribution >= 4 is 11.9 Å². The topological polar surface area (TPSA) is 66.4 Å². The average molecular weight is 406 g/mol. The third kappa shape index (κ3) is 19.0. The largest absolute Gasteiger partial charge is 1.00 e. The summed E-state index contributed by atoms with van der Waals surface area (Å²) in [5, 5.41) is 11.7. The van der Waals surface area contributed by atoms with E-state index < -0.39 is 12.0 Å². The van der Waals surface area contributed by atoms with Crippen LogP contribution in [0.5, 0.6) is 0 Å². The Kier molecular flexibility index (Phi) is 22.8. The zero-order valence-corrected chi connectivity index (χ0v) is 21.0. The van der Waals surface area contributed by atoms with Gasteiger partial charge < -0.3 is 11.8 Å². The first-order chi connectivity index (χ1) is 13.0. The van der Waals surface area contributed by atoms with Crippen LogP contribution in [0.1, 0.15) is 112 Å². The summed E-state index contributed by atoms with van der Waals surface area (Å²) in [5.41, 5.74) is 0. The van der Waals surface area contributed by atoms with Crippen molar-refractivity contribution in [2.75, 3.05) is 0 Å². The Balaban J connectivity index is -0.00000338. The van der Waals surface area contributed by atoms with Crippen molar-refractivity contribution in [3.63, 3.8) is 0 Å². The van der Waals surface area contributed by atoms with Gasteiger partial charge in [-0.05, 0) is 38.0 Å². The molecule has 1 atom stereocenters. The summed E-state index contributed by atoms with van der Waals surface area (Å²) in [6, 6.07) is -0.777. The number of carboxylic acid groups (broad SMARTS) is 1. The van der Waals surface area contributed by atoms with E-state index in [1.54, 1.807) is 13.8 Å². The summed E-state index contributed by atoms with van der Waals surface area (Å²) in [6.45, 7) is 5.87. The van der Waals surface area contributed by atoms with Gasteiger partial charge in [-0.25, -0.2) is 4.79 Å². The first-order valence-corrected chi connectivity index (χ1v) is 11.2. The minimum atomic E-state index is -0.956. The number of rotatable bonds is 18. The number of aliphatic carboxylic acids is 1. The molecule has 0 saturated carbocycles. The smallest absolute Gasteiger partial charge is 1.00 e. The zero-order valence-electron chi connectivity index (χ0n) is 20.0. The fourth-order valence-electron chi connectivity index (χ4n) is 3.12. The second kappa shape index (κ2) is 21.4. The first-order valence-electron chi connectivity index (χ1n) is 11.2. The molecule has 0 rings (SSSR count). The zero-order chi connectivity index (χ0) is 20.3. The maximum absolute atomic E-state index is 11.8. The number of amides is 1. The van der Waals surface area contributed by atoms with E-state index >= 15 is 0 Å². The van der Waals surface area contributed by atoms with Crippen LogP contribution >= 0.6 is 0 Å². The number of hydrogen-bond donors (Lipinski definition) is 2. The number of hydrogen-bond acceptors (Lipinski definition) is 2. The molecule has 0 aliphatic heterocycles. The quantitative estimate of drug-likeness (QED) is 0.209. The van der Waals surface area contributed by atoms with Crippen LogP contribution in [-0.2, 0) is 9.59 Å². The van der Waals surface area contributed by atoms with Crippen molar-refractivity contribution in [1.82, 2.24) is 5.32 Å². The number of unbranched alkanes of at least 4 members (excludes halogenated alkanes) is 11. The van der Waals surface area contributed by atoms with Crippen LogP contribution < -0.4 is 34.9 Å². The summed E-state index contributed by atoms with van der Waals surface area (Å²) < 4.78 is 0. The molecule has 0 aromatic carbocycles. The van der Waals surface area contributed by atoms with Gasteiger partial charge in [0.15, 0.2) is 0 Å². The van der Waals surface area contributed by atoms with Crippen LogP contribution in [0.3, 0.4) is 0 Å². The molecule has 4 nitrogen and oxygen atoms in total. The SMILES string of the molecule is CCCCCCCC/C=C\CCCCCCCC(=O)NC(C(=O)O)C(C)C.[H-].[Na+]. The molecule has 0 saturated heterocycles. The number of nitrogens with one attached hydrogen (secondary N) is 1. The molecule has 0 aliphatic carbocycles. The Morgan fingerprint density at radius 2 is 1.32 bits per heavy atom. The minimum absolute atomic E-state index is 0. The number of carbonyl (C=O) groups excluding carboxylic acids is 1. The molecular formula is C23H44NNaO3. The summed E-state index contributed by atoms with van der Waals surface area (Å²) in [6.07, 6.45) is 21.0. The van der Waals surface area contributed by atoms with E-state index in [2.05, 4.69) is 24.4 Å². The van der Waals surface area contributed by atoms with Crippen molar-refractivity contribution in [3.8, 4) is 0 Å². The van der Waals surface area contributed by atoms with Gasteiger partial charge in [0.05, 0.1) is 0 Å². The van der Waals surface area contributed by atoms with Gasteiger partial charge in [0.1, 0.15) is 6.04 Å². The second-order valence-corrected chi connectivity index (χ2v) is 7.96. The molecule has 0 aliphatic rings. The van der Waals surface area contributed by atoms with Crippen LogP contribution in [0.4, 0.5) is 0 Å². The predicted molar refractivity (Wildman–Crippen MR) is 115 cm³/mol. The molecule has 28 heavy (non-hydrogen) atoms. The van der Waals surface area contributed by atoms with E-state index in [9.17, 15) is 9.59 Å². The third-order valence-corrected chi connectivity index (χ3v) is 4.91. The van der Waals surface area contributed by atoms with E-state index in [0.717, 1.165) is 25.7 Å². The van der Waals surface area contributed by atoms with Crippen molar-refractivity contribution in [3.05, 3.63) is 12.2 Å². The average Bonchev–Trinajstić information content (AvgIpc) is 2.62. The number of carbonyl (C=O) groups is 2. The molecule has 0 radical (unpaired) electrons. The molecule has 1 unspecified atom stereocenters. The van der Waals surface area contributed by atoms with Crippen LogP contribution in [0.15, 0.2) is 12.2 Å². The second-order valence-electron chi connectivity index (χ2n) is 7.96. The predicted octanol–water partition coefficient (Wildman–Crippen LogP) is 3.37. The summed E-state index contributed by atoms with van der Waals surface area (Å²) in [4.78, 5) is 22.9. The maximum Gasteiger partial charge on any atom is 1.00 e. The van der Waals surface area contributed by atoms with E-state index in [1.165, 1.54) is 57.8 Å². The van der Waals surface area contributed by atoms with Gasteiger partial charge in [0.2, 0.25) is 5.91 Å². The Hall–Kier alpha value is -0.320. The third-order valence-electron chi connectivity index (χ3n) is 4.91. The van der Waals surface area contributed by atoms with Gasteiger partial charge >= 0.3 is 35.5 Å². The van der Waals surface area contributed by atoms with Gasteiger partial charge in [-0.1, -0.05) is 84.3 Å². The Labute approximate surface area is 197 Å². The fraction of sp³-hybridized carbons (Fsp3) is 0.826. The Morgan fingerprint density at radius 1 is 0.857 bits per heavy atom. The molecule has 0 fully saturated rings. The molecule has 0 heterocycles. The van der Waals surface area contributed by atoms with Crippen molar-refractivity contribution < 1.29 is 45.7 Å². The molecule has 2 N–H and O–H groups in total. The van der Waals surface area contributed by atoms with Gasteiger partial charge in [0, 0.05) is 6.42 Å². The van der Waals surface area contributed by atoms with Gasteiger partial charge in [-0.3, -0.25) is 4.79 Å². The van der Waals surface area contributed by atoms with E-state index in [1.807, 2.05) is 0 Å². The minimum Gasteiger partial charge on any atom is -1.00 e. The monoisotopic (exact) mass is 405 g/mol. The van der Waals surface area contributed by atoms with Gasteiger partial charge in [0.25, 0.3) is 0 Å². The molecule has 0 aromatic rings. The van der Waals surface area contributed by atoms with Crippen molar-refractivity contribution in [1.29, 1.82) is 0 Å². The first kappa shape index (κ1) is 29.9. The number of allylic oxidation sites excluding steroid dienone is 2. The standard InChI is InChI=1S/C23H43NO3.Na.H/c1-4-5-6-7-8-9-10-11-12-13-14-15-16-17-18-19-21(25)24-22(20(2)3)23(26)27;;/h11-12,20,22H,4-10,13-19H2,1-3H3,(H,24,25)(H,26,27);;/q;+1;-1/b12-11-;;. The van der Waals surface area contributed by atoms with Crippen molar-refractivity contribution in [2.45, 2.75) is 117 Å². The van der Waals surface area contributed by atoms with Crippen LogP contribution in [-0.4, -0.2) is 23.0 Å². The van der Waals surface area contributed by atoms with Crippen LogP contribution in [0, 0.1) is 5.92 Å².